The van der Waals surface area contributed by atoms with Crippen molar-refractivity contribution in [2.75, 3.05) is 18.8 Å². The summed E-state index contributed by atoms with van der Waals surface area (Å²) in [6, 6.07) is 10.9. The van der Waals surface area contributed by atoms with Crippen molar-refractivity contribution in [3.8, 4) is 0 Å². The van der Waals surface area contributed by atoms with Crippen LogP contribution < -0.4 is 5.73 Å². The Balaban J connectivity index is 0.00000171. The number of nitrogens with two attached hydrogens (primary N) is 1. The molecule has 2 nitrogen and oxygen atoms in total. The molecule has 1 saturated heterocycles. The van der Waals surface area contributed by atoms with Crippen LogP contribution in [0.1, 0.15) is 56.7 Å². The van der Waals surface area contributed by atoms with E-state index in [-0.39, 0.29) is 41.2 Å². The SMILES string of the molecule is CC1(C)[C@H]2Cc3c(N)cccc3[C@]1(C)CCN2CCCCc1c(F)cccc1F.Cl.Cl. The Morgan fingerprint density at radius 2 is 1.65 bits per heavy atom. The van der Waals surface area contributed by atoms with Crippen molar-refractivity contribution in [2.45, 2.75) is 64.3 Å². The smallest absolute Gasteiger partial charge is 0.129 e. The molecule has 2 atom stereocenters. The van der Waals surface area contributed by atoms with Crippen molar-refractivity contribution < 1.29 is 8.78 Å². The van der Waals surface area contributed by atoms with Gasteiger partial charge in [-0.2, -0.15) is 0 Å². The second-order valence-electron chi connectivity index (χ2n) is 9.59. The van der Waals surface area contributed by atoms with Crippen LogP contribution in [-0.4, -0.2) is 24.0 Å². The van der Waals surface area contributed by atoms with Crippen LogP contribution in [0.3, 0.4) is 0 Å². The van der Waals surface area contributed by atoms with E-state index < -0.39 is 11.6 Å². The molecule has 31 heavy (non-hydrogen) atoms. The van der Waals surface area contributed by atoms with Gasteiger partial charge < -0.3 is 5.73 Å². The number of benzene rings is 2. The maximum Gasteiger partial charge on any atom is 0.129 e. The Morgan fingerprint density at radius 1 is 1.00 bits per heavy atom. The van der Waals surface area contributed by atoms with Gasteiger partial charge in [0.2, 0.25) is 0 Å². The molecule has 0 radical (unpaired) electrons. The van der Waals surface area contributed by atoms with E-state index in [1.807, 2.05) is 6.07 Å². The van der Waals surface area contributed by atoms with E-state index in [4.69, 9.17) is 5.73 Å². The van der Waals surface area contributed by atoms with Crippen molar-refractivity contribution in [3.05, 3.63) is 64.7 Å². The summed E-state index contributed by atoms with van der Waals surface area (Å²) < 4.78 is 27.7. The van der Waals surface area contributed by atoms with Gasteiger partial charge in [0.15, 0.2) is 0 Å². The molecule has 1 aliphatic carbocycles. The summed E-state index contributed by atoms with van der Waals surface area (Å²) in [7, 11) is 0. The van der Waals surface area contributed by atoms with Gasteiger partial charge in [-0.25, -0.2) is 8.78 Å². The first kappa shape index (κ1) is 25.9. The van der Waals surface area contributed by atoms with E-state index in [2.05, 4.69) is 37.8 Å². The molecular formula is C25H34Cl2F2N2. The number of piperidine rings is 1. The molecular weight excluding hydrogens is 437 g/mol. The molecule has 2 aromatic rings. The van der Waals surface area contributed by atoms with Crippen LogP contribution in [-0.2, 0) is 18.3 Å². The number of anilines is 1. The molecule has 2 N–H and O–H groups in total. The summed E-state index contributed by atoms with van der Waals surface area (Å²) in [6.45, 7) is 9.21. The zero-order valence-corrected chi connectivity index (χ0v) is 20.2. The fourth-order valence-electron chi connectivity index (χ4n) is 5.73. The van der Waals surface area contributed by atoms with Crippen LogP contribution in [0.25, 0.3) is 0 Å². The largest absolute Gasteiger partial charge is 0.398 e. The fraction of sp³-hybridized carbons (Fsp3) is 0.520. The summed E-state index contributed by atoms with van der Waals surface area (Å²) in [5.74, 6) is -0.863. The predicted molar refractivity (Wildman–Crippen MR) is 129 cm³/mol. The standard InChI is InChI=1S/C25H32F2N2.2ClH/c1-24(2)23-16-18-19(9-6-12-22(18)28)25(24,3)13-15-29(23)14-5-4-8-17-20(26)10-7-11-21(17)27;;/h6-7,9-12,23H,4-5,8,13-16,28H2,1-3H3;2*1H/t23-,25+;;/m1../s1. The highest BCUT2D eigenvalue weighted by molar-refractivity contribution is 5.85. The first-order valence-corrected chi connectivity index (χ1v) is 10.8. The molecule has 6 heteroatoms. The third kappa shape index (κ3) is 4.31. The lowest BCUT2D eigenvalue weighted by Gasteiger charge is -2.61. The first-order chi connectivity index (χ1) is 13.8. The first-order valence-electron chi connectivity index (χ1n) is 10.8. The highest BCUT2D eigenvalue weighted by atomic mass is 35.5. The van der Waals surface area contributed by atoms with E-state index in [0.717, 1.165) is 44.5 Å². The van der Waals surface area contributed by atoms with Crippen LogP contribution in [0.15, 0.2) is 36.4 Å². The van der Waals surface area contributed by atoms with Crippen LogP contribution in [0.2, 0.25) is 0 Å². The number of rotatable bonds is 5. The molecule has 1 aliphatic heterocycles. The summed E-state index contributed by atoms with van der Waals surface area (Å²) in [4.78, 5) is 2.59. The Labute approximate surface area is 197 Å². The van der Waals surface area contributed by atoms with Gasteiger partial charge in [-0.3, -0.25) is 4.90 Å². The normalized spacial score (nSPS) is 24.0. The maximum atomic E-state index is 13.9. The average molecular weight is 471 g/mol. The molecule has 2 aliphatic rings. The maximum absolute atomic E-state index is 13.9. The van der Waals surface area contributed by atoms with Crippen LogP contribution >= 0.6 is 24.8 Å². The Bertz CT molecular complexity index is 898. The topological polar surface area (TPSA) is 29.3 Å². The van der Waals surface area contributed by atoms with Crippen molar-refractivity contribution in [1.82, 2.24) is 4.90 Å². The zero-order chi connectivity index (χ0) is 20.8. The van der Waals surface area contributed by atoms with E-state index in [1.54, 1.807) is 0 Å². The molecule has 0 saturated carbocycles. The van der Waals surface area contributed by atoms with Crippen LogP contribution in [0.4, 0.5) is 14.5 Å². The van der Waals surface area contributed by atoms with Gasteiger partial charge in [0, 0.05) is 22.7 Å². The number of unbranched alkanes of at least 4 members (excludes halogenated alkanes) is 1. The second-order valence-corrected chi connectivity index (χ2v) is 9.59. The summed E-state index contributed by atoms with van der Waals surface area (Å²) in [5, 5.41) is 0. The van der Waals surface area contributed by atoms with Crippen LogP contribution in [0.5, 0.6) is 0 Å². The molecule has 172 valence electrons. The van der Waals surface area contributed by atoms with Crippen molar-refractivity contribution in [2.24, 2.45) is 5.41 Å². The summed E-state index contributed by atoms with van der Waals surface area (Å²) in [5.41, 5.74) is 10.5. The highest BCUT2D eigenvalue weighted by Gasteiger charge is 2.55. The third-order valence-corrected chi connectivity index (χ3v) is 7.98. The molecule has 0 unspecified atom stereocenters. The summed E-state index contributed by atoms with van der Waals surface area (Å²) >= 11 is 0. The number of nitrogens with zero attached hydrogens (tertiary/aromatic N) is 1. The monoisotopic (exact) mass is 470 g/mol. The molecule has 0 aromatic heterocycles. The zero-order valence-electron chi connectivity index (χ0n) is 18.6. The molecule has 2 bridgehead atoms. The quantitative estimate of drug-likeness (QED) is 0.408. The van der Waals surface area contributed by atoms with E-state index in [0.29, 0.717) is 12.5 Å². The minimum atomic E-state index is -0.431. The third-order valence-electron chi connectivity index (χ3n) is 7.98. The highest BCUT2D eigenvalue weighted by Crippen LogP contribution is 2.56. The number of halogens is 4. The number of hydrogen-bond acceptors (Lipinski definition) is 2. The lowest BCUT2D eigenvalue weighted by Crippen LogP contribution is -2.63. The second kappa shape index (κ2) is 9.64. The lowest BCUT2D eigenvalue weighted by atomic mass is 9.51. The van der Waals surface area contributed by atoms with Crippen molar-refractivity contribution in [1.29, 1.82) is 0 Å². The van der Waals surface area contributed by atoms with Gasteiger partial charge in [-0.15, -0.1) is 24.8 Å². The average Bonchev–Trinajstić information content (AvgIpc) is 2.66. The molecule has 0 spiro atoms. The van der Waals surface area contributed by atoms with Crippen molar-refractivity contribution >= 4 is 30.5 Å². The molecule has 1 fully saturated rings. The number of nitrogen functional groups attached to an aromatic ring is 1. The Kier molecular flexibility index (Phi) is 8.05. The van der Waals surface area contributed by atoms with Crippen molar-refractivity contribution in [3.63, 3.8) is 0 Å². The van der Waals surface area contributed by atoms with Gasteiger partial charge in [0.25, 0.3) is 0 Å². The van der Waals surface area contributed by atoms with Gasteiger partial charge in [-0.05, 0) is 79.9 Å². The lowest BCUT2D eigenvalue weighted by molar-refractivity contribution is -0.0381. The van der Waals surface area contributed by atoms with E-state index in [9.17, 15) is 8.78 Å². The minimum Gasteiger partial charge on any atom is -0.398 e. The predicted octanol–water partition coefficient (Wildman–Crippen LogP) is 6.33. The fourth-order valence-corrected chi connectivity index (χ4v) is 5.73. The number of hydrogen-bond donors (Lipinski definition) is 1. The molecule has 4 rings (SSSR count). The van der Waals surface area contributed by atoms with E-state index in [1.165, 1.54) is 29.3 Å². The molecule has 1 heterocycles. The minimum absolute atomic E-state index is 0. The van der Waals surface area contributed by atoms with Gasteiger partial charge in [-0.1, -0.05) is 39.0 Å². The number of fused-ring (bicyclic) bond motifs is 4. The number of likely N-dealkylation sites (tertiary alicyclic amines) is 1. The Morgan fingerprint density at radius 3 is 2.32 bits per heavy atom. The van der Waals surface area contributed by atoms with Gasteiger partial charge in [0.1, 0.15) is 11.6 Å². The molecule has 0 amide bonds. The van der Waals surface area contributed by atoms with Gasteiger partial charge in [0.05, 0.1) is 0 Å². The summed E-state index contributed by atoms with van der Waals surface area (Å²) in [6.07, 6.45) is 4.26. The Hall–Kier alpha value is -1.36. The van der Waals surface area contributed by atoms with Gasteiger partial charge >= 0.3 is 0 Å². The van der Waals surface area contributed by atoms with E-state index >= 15 is 0 Å². The van der Waals surface area contributed by atoms with Crippen LogP contribution in [0, 0.1) is 17.0 Å². The molecule has 2 aromatic carbocycles.